The molecule has 1 rings (SSSR count). The van der Waals surface area contributed by atoms with E-state index in [1.807, 2.05) is 0 Å². The maximum absolute atomic E-state index is 5.35. The van der Waals surface area contributed by atoms with E-state index in [4.69, 9.17) is 4.74 Å². The van der Waals surface area contributed by atoms with Gasteiger partial charge in [-0.1, -0.05) is 22.9 Å². The summed E-state index contributed by atoms with van der Waals surface area (Å²) in [5.74, 6) is 0.883. The zero-order chi connectivity index (χ0) is 11.1. The summed E-state index contributed by atoms with van der Waals surface area (Å²) in [5, 5.41) is 0. The fraction of sp³-hybridized carbons (Fsp3) is 1.00. The van der Waals surface area contributed by atoms with E-state index >= 15 is 0 Å². The third-order valence-electron chi connectivity index (χ3n) is 3.25. The van der Waals surface area contributed by atoms with Gasteiger partial charge in [-0.2, -0.15) is 0 Å². The van der Waals surface area contributed by atoms with Crippen LogP contribution in [0.2, 0.25) is 0 Å². The van der Waals surface area contributed by atoms with E-state index in [-0.39, 0.29) is 0 Å². The second kappa shape index (κ2) is 7.64. The Morgan fingerprint density at radius 2 is 2.07 bits per heavy atom. The molecule has 2 nitrogen and oxygen atoms in total. The predicted molar refractivity (Wildman–Crippen MR) is 68.7 cm³/mol. The first-order chi connectivity index (χ1) is 7.24. The summed E-state index contributed by atoms with van der Waals surface area (Å²) in [6.07, 6.45) is 3.88. The minimum Gasteiger partial charge on any atom is -0.382 e. The van der Waals surface area contributed by atoms with Crippen molar-refractivity contribution in [3.05, 3.63) is 0 Å². The lowest BCUT2D eigenvalue weighted by molar-refractivity contribution is 0.121. The van der Waals surface area contributed by atoms with Gasteiger partial charge < -0.3 is 9.64 Å². The van der Waals surface area contributed by atoms with Crippen LogP contribution >= 0.6 is 15.9 Å². The van der Waals surface area contributed by atoms with Crippen molar-refractivity contribution in [1.82, 2.24) is 4.90 Å². The van der Waals surface area contributed by atoms with Gasteiger partial charge in [-0.05, 0) is 45.2 Å². The molecule has 1 heterocycles. The monoisotopic (exact) mass is 277 g/mol. The van der Waals surface area contributed by atoms with Crippen LogP contribution in [0.15, 0.2) is 0 Å². The summed E-state index contributed by atoms with van der Waals surface area (Å²) in [6.45, 7) is 9.86. The molecule has 3 heteroatoms. The maximum atomic E-state index is 5.35. The van der Waals surface area contributed by atoms with Crippen LogP contribution in [-0.2, 0) is 4.74 Å². The fourth-order valence-corrected chi connectivity index (χ4v) is 2.70. The highest BCUT2D eigenvalue weighted by atomic mass is 79.9. The molecule has 1 fully saturated rings. The van der Waals surface area contributed by atoms with Crippen LogP contribution in [0, 0.1) is 5.92 Å². The largest absolute Gasteiger partial charge is 0.382 e. The number of piperidine rings is 1. The molecule has 15 heavy (non-hydrogen) atoms. The lowest BCUT2D eigenvalue weighted by atomic mass is 9.94. The summed E-state index contributed by atoms with van der Waals surface area (Å²) in [5.41, 5.74) is 0. The normalized spacial score (nSPS) is 21.8. The molecule has 1 unspecified atom stereocenters. The quantitative estimate of drug-likeness (QED) is 0.547. The van der Waals surface area contributed by atoms with Gasteiger partial charge in [0.1, 0.15) is 0 Å². The van der Waals surface area contributed by atoms with E-state index in [9.17, 15) is 0 Å². The van der Waals surface area contributed by atoms with E-state index in [0.29, 0.717) is 4.83 Å². The Labute approximate surface area is 102 Å². The third-order valence-corrected chi connectivity index (χ3v) is 4.00. The minimum absolute atomic E-state index is 0.683. The third kappa shape index (κ3) is 5.32. The van der Waals surface area contributed by atoms with Crippen LogP contribution in [0.5, 0.6) is 0 Å². The smallest absolute Gasteiger partial charge is 0.0478 e. The average molecular weight is 278 g/mol. The summed E-state index contributed by atoms with van der Waals surface area (Å²) in [6, 6.07) is 0. The highest BCUT2D eigenvalue weighted by Crippen LogP contribution is 2.24. The van der Waals surface area contributed by atoms with Gasteiger partial charge in [0, 0.05) is 24.6 Å². The zero-order valence-electron chi connectivity index (χ0n) is 10.0. The van der Waals surface area contributed by atoms with Gasteiger partial charge in [-0.3, -0.25) is 0 Å². The van der Waals surface area contributed by atoms with Gasteiger partial charge in [0.15, 0.2) is 0 Å². The summed E-state index contributed by atoms with van der Waals surface area (Å²) >= 11 is 3.69. The topological polar surface area (TPSA) is 12.5 Å². The predicted octanol–water partition coefficient (Wildman–Crippen LogP) is 2.91. The van der Waals surface area contributed by atoms with Gasteiger partial charge in [-0.15, -0.1) is 0 Å². The number of hydrogen-bond donors (Lipinski definition) is 0. The molecule has 1 aliphatic rings. The molecule has 0 aromatic heterocycles. The fourth-order valence-electron chi connectivity index (χ4n) is 2.17. The highest BCUT2D eigenvalue weighted by molar-refractivity contribution is 9.09. The van der Waals surface area contributed by atoms with Gasteiger partial charge in [0.25, 0.3) is 0 Å². The lowest BCUT2D eigenvalue weighted by Crippen LogP contribution is -2.36. The molecule has 0 bridgehead atoms. The van der Waals surface area contributed by atoms with Crippen molar-refractivity contribution in [2.45, 2.75) is 37.9 Å². The highest BCUT2D eigenvalue weighted by Gasteiger charge is 2.21. The van der Waals surface area contributed by atoms with Gasteiger partial charge in [-0.25, -0.2) is 0 Å². The Kier molecular flexibility index (Phi) is 6.86. The molecule has 0 aromatic carbocycles. The minimum atomic E-state index is 0.683. The molecule has 0 aromatic rings. The van der Waals surface area contributed by atoms with Gasteiger partial charge in [0.05, 0.1) is 0 Å². The van der Waals surface area contributed by atoms with Crippen LogP contribution in [0.4, 0.5) is 0 Å². The van der Waals surface area contributed by atoms with E-state index in [0.717, 1.165) is 19.1 Å². The molecule has 0 aliphatic carbocycles. The summed E-state index contributed by atoms with van der Waals surface area (Å²) in [4.78, 5) is 3.26. The summed E-state index contributed by atoms with van der Waals surface area (Å²) < 4.78 is 5.35. The molecule has 0 spiro atoms. The Balaban J connectivity index is 2.04. The molecule has 90 valence electrons. The average Bonchev–Trinajstić information content (AvgIpc) is 2.25. The number of nitrogens with zero attached hydrogens (tertiary/aromatic N) is 1. The Bertz CT molecular complexity index is 156. The number of rotatable bonds is 6. The second-order valence-electron chi connectivity index (χ2n) is 4.41. The van der Waals surface area contributed by atoms with E-state index in [2.05, 4.69) is 34.7 Å². The van der Waals surface area contributed by atoms with Gasteiger partial charge >= 0.3 is 0 Å². The van der Waals surface area contributed by atoms with E-state index < -0.39 is 0 Å². The first kappa shape index (κ1) is 13.5. The van der Waals surface area contributed by atoms with Crippen molar-refractivity contribution >= 4 is 15.9 Å². The Hall–Kier alpha value is 0.400. The number of hydrogen-bond acceptors (Lipinski definition) is 2. The van der Waals surface area contributed by atoms with Crippen LogP contribution in [0.3, 0.4) is 0 Å². The van der Waals surface area contributed by atoms with Crippen molar-refractivity contribution in [3.8, 4) is 0 Å². The molecular formula is C12H24BrNO. The molecule has 0 radical (unpaired) electrons. The van der Waals surface area contributed by atoms with E-state index in [1.165, 1.54) is 38.9 Å². The van der Waals surface area contributed by atoms with Gasteiger partial charge in [0.2, 0.25) is 0 Å². The first-order valence-electron chi connectivity index (χ1n) is 6.18. The SMILES string of the molecule is CCOCCCN1CCC(C(C)Br)CC1. The van der Waals surface area contributed by atoms with Crippen LogP contribution in [0.1, 0.15) is 33.1 Å². The molecule has 1 aliphatic heterocycles. The second-order valence-corrected chi connectivity index (χ2v) is 5.85. The standard InChI is InChI=1S/C12H24BrNO/c1-3-15-10-4-7-14-8-5-12(6-9-14)11(2)13/h11-12H,3-10H2,1-2H3. The Morgan fingerprint density at radius 3 is 2.60 bits per heavy atom. The van der Waals surface area contributed by atoms with Crippen LogP contribution < -0.4 is 0 Å². The van der Waals surface area contributed by atoms with Crippen molar-refractivity contribution < 1.29 is 4.74 Å². The molecule has 1 atom stereocenters. The summed E-state index contributed by atoms with van der Waals surface area (Å²) in [7, 11) is 0. The van der Waals surface area contributed by atoms with Crippen molar-refractivity contribution in [2.24, 2.45) is 5.92 Å². The number of likely N-dealkylation sites (tertiary alicyclic amines) is 1. The molecule has 0 saturated carbocycles. The van der Waals surface area contributed by atoms with Crippen molar-refractivity contribution in [2.75, 3.05) is 32.8 Å². The zero-order valence-corrected chi connectivity index (χ0v) is 11.6. The molecular weight excluding hydrogens is 254 g/mol. The van der Waals surface area contributed by atoms with Crippen molar-refractivity contribution in [3.63, 3.8) is 0 Å². The first-order valence-corrected chi connectivity index (χ1v) is 7.09. The van der Waals surface area contributed by atoms with Crippen LogP contribution in [-0.4, -0.2) is 42.6 Å². The number of ether oxygens (including phenoxy) is 1. The number of halogens is 1. The molecule has 1 saturated heterocycles. The Morgan fingerprint density at radius 1 is 1.40 bits per heavy atom. The maximum Gasteiger partial charge on any atom is 0.0478 e. The lowest BCUT2D eigenvalue weighted by Gasteiger charge is -2.33. The molecule has 0 N–H and O–H groups in total. The van der Waals surface area contributed by atoms with E-state index in [1.54, 1.807) is 0 Å². The van der Waals surface area contributed by atoms with Crippen molar-refractivity contribution in [1.29, 1.82) is 0 Å². The van der Waals surface area contributed by atoms with Crippen LogP contribution in [0.25, 0.3) is 0 Å². The number of alkyl halides is 1. The molecule has 0 amide bonds.